The summed E-state index contributed by atoms with van der Waals surface area (Å²) in [6.07, 6.45) is 0.0667. The molecule has 1 aliphatic heterocycles. The average molecular weight is 289 g/mol. The van der Waals surface area contributed by atoms with Gasteiger partial charge in [0.15, 0.2) is 0 Å². The summed E-state index contributed by atoms with van der Waals surface area (Å²) in [7, 11) is 1.89. The summed E-state index contributed by atoms with van der Waals surface area (Å²) in [6.45, 7) is 3.66. The molecule has 0 bridgehead atoms. The van der Waals surface area contributed by atoms with E-state index in [9.17, 15) is 0 Å². The van der Waals surface area contributed by atoms with Crippen molar-refractivity contribution < 1.29 is 4.74 Å². The lowest BCUT2D eigenvalue weighted by Crippen LogP contribution is -2.37. The van der Waals surface area contributed by atoms with Gasteiger partial charge in [-0.15, -0.1) is 11.3 Å². The predicted octanol–water partition coefficient (Wildman–Crippen LogP) is 2.76. The Labute approximate surface area is 123 Å². The van der Waals surface area contributed by atoms with Crippen LogP contribution < -0.4 is 5.32 Å². The van der Waals surface area contributed by atoms with Gasteiger partial charge in [-0.1, -0.05) is 12.1 Å². The van der Waals surface area contributed by atoms with Gasteiger partial charge in [0, 0.05) is 31.6 Å². The van der Waals surface area contributed by atoms with Crippen LogP contribution in [0.2, 0.25) is 0 Å². The number of hydrogen-bond donors (Lipinski definition) is 1. The molecule has 3 rings (SSSR count). The first-order valence-electron chi connectivity index (χ1n) is 6.86. The fraction of sp³-hybridized carbons (Fsp3) is 0.400. The molecule has 1 N–H and O–H groups in total. The molecule has 0 radical (unpaired) electrons. The number of pyridine rings is 1. The lowest BCUT2D eigenvalue weighted by atomic mass is 10.2. The topological polar surface area (TPSA) is 37.4 Å². The van der Waals surface area contributed by atoms with Crippen molar-refractivity contribution in [2.75, 3.05) is 32.1 Å². The van der Waals surface area contributed by atoms with Crippen LogP contribution in [0.3, 0.4) is 0 Å². The van der Waals surface area contributed by atoms with Crippen molar-refractivity contribution in [3.63, 3.8) is 0 Å². The molecular weight excluding hydrogens is 270 g/mol. The van der Waals surface area contributed by atoms with Gasteiger partial charge in [-0.2, -0.15) is 0 Å². The highest BCUT2D eigenvalue weighted by Gasteiger charge is 2.23. The van der Waals surface area contributed by atoms with Crippen LogP contribution in [0, 0.1) is 0 Å². The minimum Gasteiger partial charge on any atom is -0.373 e. The summed E-state index contributed by atoms with van der Waals surface area (Å²) >= 11 is 1.81. The number of hydrogen-bond acceptors (Lipinski definition) is 5. The second-order valence-corrected chi connectivity index (χ2v) is 5.90. The Bertz CT molecular complexity index is 544. The Hall–Kier alpha value is -1.43. The van der Waals surface area contributed by atoms with Gasteiger partial charge in [-0.25, -0.2) is 4.98 Å². The maximum absolute atomic E-state index is 5.88. The van der Waals surface area contributed by atoms with Crippen molar-refractivity contribution in [3.05, 3.63) is 46.3 Å². The van der Waals surface area contributed by atoms with E-state index in [0.717, 1.165) is 37.8 Å². The molecule has 1 aliphatic rings. The fourth-order valence-electron chi connectivity index (χ4n) is 2.42. The molecule has 1 atom stereocenters. The van der Waals surface area contributed by atoms with Crippen LogP contribution in [-0.2, 0) is 11.3 Å². The number of morpholine rings is 1. The highest BCUT2D eigenvalue weighted by Crippen LogP contribution is 2.23. The van der Waals surface area contributed by atoms with Gasteiger partial charge in [0.1, 0.15) is 11.9 Å². The molecule has 1 fully saturated rings. The van der Waals surface area contributed by atoms with Crippen molar-refractivity contribution in [3.8, 4) is 0 Å². The SMILES string of the molecule is CNc1cccc([C@H]2CN(Cc3cccs3)CCO2)n1. The second-order valence-electron chi connectivity index (χ2n) is 4.87. The maximum Gasteiger partial charge on any atom is 0.126 e. The Morgan fingerprint density at radius 3 is 3.15 bits per heavy atom. The lowest BCUT2D eigenvalue weighted by Gasteiger charge is -2.32. The Kier molecular flexibility index (Phi) is 4.30. The van der Waals surface area contributed by atoms with Gasteiger partial charge in [0.25, 0.3) is 0 Å². The van der Waals surface area contributed by atoms with Crippen LogP contribution >= 0.6 is 11.3 Å². The van der Waals surface area contributed by atoms with Gasteiger partial charge in [0.05, 0.1) is 12.3 Å². The molecule has 0 aromatic carbocycles. The first kappa shape index (κ1) is 13.5. The van der Waals surface area contributed by atoms with E-state index < -0.39 is 0 Å². The highest BCUT2D eigenvalue weighted by atomic mass is 32.1. The average Bonchev–Trinajstić information content (AvgIpc) is 3.00. The molecule has 1 saturated heterocycles. The van der Waals surface area contributed by atoms with E-state index in [1.165, 1.54) is 4.88 Å². The van der Waals surface area contributed by atoms with Crippen LogP contribution in [0.1, 0.15) is 16.7 Å². The Morgan fingerprint density at radius 2 is 2.35 bits per heavy atom. The molecule has 106 valence electrons. The Morgan fingerprint density at radius 1 is 1.40 bits per heavy atom. The largest absolute Gasteiger partial charge is 0.373 e. The summed E-state index contributed by atoms with van der Waals surface area (Å²) in [4.78, 5) is 8.43. The summed E-state index contributed by atoms with van der Waals surface area (Å²) in [5.74, 6) is 0.890. The molecule has 2 aromatic heterocycles. The van der Waals surface area contributed by atoms with Gasteiger partial charge in [-0.3, -0.25) is 4.90 Å². The van der Waals surface area contributed by atoms with Crippen molar-refractivity contribution in [1.82, 2.24) is 9.88 Å². The summed E-state index contributed by atoms with van der Waals surface area (Å²) in [6, 6.07) is 10.3. The number of anilines is 1. The molecule has 0 amide bonds. The van der Waals surface area contributed by atoms with Crippen molar-refractivity contribution in [2.24, 2.45) is 0 Å². The van der Waals surface area contributed by atoms with Crippen LogP contribution in [0.5, 0.6) is 0 Å². The number of nitrogens with zero attached hydrogens (tertiary/aromatic N) is 2. The molecular formula is C15H19N3OS. The summed E-state index contributed by atoms with van der Waals surface area (Å²) < 4.78 is 5.88. The third-order valence-corrected chi connectivity index (χ3v) is 4.33. The lowest BCUT2D eigenvalue weighted by molar-refractivity contribution is -0.0346. The minimum atomic E-state index is 0.0667. The smallest absolute Gasteiger partial charge is 0.126 e. The zero-order valence-corrected chi connectivity index (χ0v) is 12.4. The molecule has 0 saturated carbocycles. The first-order chi connectivity index (χ1) is 9.85. The maximum atomic E-state index is 5.88. The van der Waals surface area contributed by atoms with E-state index in [1.807, 2.05) is 36.6 Å². The van der Waals surface area contributed by atoms with Crippen LogP contribution in [-0.4, -0.2) is 36.6 Å². The van der Waals surface area contributed by atoms with E-state index in [0.29, 0.717) is 0 Å². The summed E-state index contributed by atoms with van der Waals surface area (Å²) in [5, 5.41) is 5.21. The van der Waals surface area contributed by atoms with Crippen molar-refractivity contribution in [2.45, 2.75) is 12.6 Å². The van der Waals surface area contributed by atoms with E-state index in [-0.39, 0.29) is 6.10 Å². The monoisotopic (exact) mass is 289 g/mol. The third-order valence-electron chi connectivity index (χ3n) is 3.47. The predicted molar refractivity (Wildman–Crippen MR) is 82.1 cm³/mol. The molecule has 0 spiro atoms. The van der Waals surface area contributed by atoms with E-state index in [1.54, 1.807) is 0 Å². The molecule has 3 heterocycles. The van der Waals surface area contributed by atoms with Gasteiger partial charge >= 0.3 is 0 Å². The molecule has 2 aromatic rings. The Balaban J connectivity index is 1.68. The van der Waals surface area contributed by atoms with E-state index in [2.05, 4.69) is 32.7 Å². The standard InChI is InChI=1S/C15H19N3OS/c1-16-15-6-2-5-13(17-15)14-11-18(7-8-19-14)10-12-4-3-9-20-12/h2-6,9,14H,7-8,10-11H2,1H3,(H,16,17)/t14-/m1/s1. The number of nitrogens with one attached hydrogen (secondary N) is 1. The van der Waals surface area contributed by atoms with E-state index >= 15 is 0 Å². The van der Waals surface area contributed by atoms with E-state index in [4.69, 9.17) is 4.74 Å². The molecule has 20 heavy (non-hydrogen) atoms. The van der Waals surface area contributed by atoms with Crippen LogP contribution in [0.4, 0.5) is 5.82 Å². The minimum absolute atomic E-state index is 0.0667. The zero-order chi connectivity index (χ0) is 13.8. The number of thiophene rings is 1. The van der Waals surface area contributed by atoms with Crippen molar-refractivity contribution >= 4 is 17.2 Å². The van der Waals surface area contributed by atoms with Crippen molar-refractivity contribution in [1.29, 1.82) is 0 Å². The van der Waals surface area contributed by atoms with Gasteiger partial charge in [0.2, 0.25) is 0 Å². The zero-order valence-electron chi connectivity index (χ0n) is 11.6. The molecule has 4 nitrogen and oxygen atoms in total. The highest BCUT2D eigenvalue weighted by molar-refractivity contribution is 7.09. The van der Waals surface area contributed by atoms with Crippen LogP contribution in [0.15, 0.2) is 35.7 Å². The molecule has 5 heteroatoms. The fourth-order valence-corrected chi connectivity index (χ4v) is 3.16. The van der Waals surface area contributed by atoms with Gasteiger partial charge in [-0.05, 0) is 23.6 Å². The quantitative estimate of drug-likeness (QED) is 0.939. The van der Waals surface area contributed by atoms with Gasteiger partial charge < -0.3 is 10.1 Å². The molecule has 0 unspecified atom stereocenters. The second kappa shape index (κ2) is 6.35. The normalized spacial score (nSPS) is 19.9. The number of rotatable bonds is 4. The summed E-state index contributed by atoms with van der Waals surface area (Å²) in [5.41, 5.74) is 1.01. The van der Waals surface area contributed by atoms with Crippen LogP contribution in [0.25, 0.3) is 0 Å². The number of aromatic nitrogens is 1. The first-order valence-corrected chi connectivity index (χ1v) is 7.74. The third kappa shape index (κ3) is 3.17. The molecule has 0 aliphatic carbocycles. The number of ether oxygens (including phenoxy) is 1.